The molecule has 0 fully saturated rings. The van der Waals surface area contributed by atoms with Gasteiger partial charge in [0.05, 0.1) is 13.0 Å². The van der Waals surface area contributed by atoms with Gasteiger partial charge in [0.25, 0.3) is 0 Å². The quantitative estimate of drug-likeness (QED) is 0.436. The van der Waals surface area contributed by atoms with E-state index in [1.165, 1.54) is 6.07 Å². The summed E-state index contributed by atoms with van der Waals surface area (Å²) in [5.74, 6) is -1.02. The maximum Gasteiger partial charge on any atom is 0.306 e. The zero-order chi connectivity index (χ0) is 8.69. The van der Waals surface area contributed by atoms with Crippen LogP contribution >= 0.6 is 0 Å². The van der Waals surface area contributed by atoms with Crippen molar-refractivity contribution in [1.29, 1.82) is 5.26 Å². The predicted molar refractivity (Wildman–Crippen MR) is 36.5 cm³/mol. The van der Waals surface area contributed by atoms with Gasteiger partial charge in [-0.15, -0.1) is 0 Å². The molecule has 0 aliphatic carbocycles. The van der Waals surface area contributed by atoms with Gasteiger partial charge < -0.3 is 4.74 Å². The average molecular weight is 155 g/mol. The molecule has 0 aliphatic heterocycles. The van der Waals surface area contributed by atoms with Gasteiger partial charge in [0.15, 0.2) is 0 Å². The molecule has 60 valence electrons. The second-order valence-electron chi connectivity index (χ2n) is 1.84. The van der Waals surface area contributed by atoms with E-state index in [9.17, 15) is 9.59 Å². The van der Waals surface area contributed by atoms with E-state index in [-0.39, 0.29) is 12.8 Å². The van der Waals surface area contributed by atoms with Gasteiger partial charge in [-0.2, -0.15) is 5.26 Å². The van der Waals surface area contributed by atoms with Gasteiger partial charge in [0.2, 0.25) is 5.78 Å². The number of rotatable bonds is 4. The molecule has 0 unspecified atom stereocenters. The molecule has 4 nitrogen and oxygen atoms in total. The monoisotopic (exact) mass is 155 g/mol. The first-order valence-corrected chi connectivity index (χ1v) is 3.29. The minimum atomic E-state index is -0.585. The van der Waals surface area contributed by atoms with Crippen molar-refractivity contribution in [1.82, 2.24) is 0 Å². The summed E-state index contributed by atoms with van der Waals surface area (Å²) in [4.78, 5) is 20.9. The third kappa shape index (κ3) is 5.09. The molecule has 11 heavy (non-hydrogen) atoms. The average Bonchev–Trinajstić information content (AvgIpc) is 2.01. The Morgan fingerprint density at radius 3 is 2.55 bits per heavy atom. The topological polar surface area (TPSA) is 67.2 Å². The molecule has 0 aromatic heterocycles. The lowest BCUT2D eigenvalue weighted by molar-refractivity contribution is -0.144. The normalized spacial score (nSPS) is 8.36. The smallest absolute Gasteiger partial charge is 0.306 e. The maximum absolute atomic E-state index is 10.6. The van der Waals surface area contributed by atoms with Gasteiger partial charge in [-0.05, 0) is 6.92 Å². The number of carbonyl (C=O) groups excluding carboxylic acids is 2. The van der Waals surface area contributed by atoms with Crippen LogP contribution in [-0.4, -0.2) is 18.4 Å². The first kappa shape index (κ1) is 9.63. The Bertz CT molecular complexity index is 192. The summed E-state index contributed by atoms with van der Waals surface area (Å²) in [6.45, 7) is 1.99. The number of nitrogens with zero attached hydrogens (tertiary/aromatic N) is 1. The van der Waals surface area contributed by atoms with Crippen molar-refractivity contribution in [2.75, 3.05) is 6.61 Å². The highest BCUT2D eigenvalue weighted by Crippen LogP contribution is 1.92. The lowest BCUT2D eigenvalue weighted by atomic mass is 10.2. The summed E-state index contributed by atoms with van der Waals surface area (Å²) in [6, 6.07) is 1.42. The van der Waals surface area contributed by atoms with Gasteiger partial charge in [-0.3, -0.25) is 9.59 Å². The Morgan fingerprint density at radius 2 is 2.09 bits per heavy atom. The number of Topliss-reactive ketones (excluding diaryl/α,β-unsaturated/α-hetero) is 1. The SMILES string of the molecule is CCOC(=O)CCC(=O)C#N. The van der Waals surface area contributed by atoms with Gasteiger partial charge in [0, 0.05) is 6.42 Å². The number of hydrogen-bond acceptors (Lipinski definition) is 4. The number of carbonyl (C=O) groups is 2. The lowest BCUT2D eigenvalue weighted by Gasteiger charge is -1.97. The van der Waals surface area contributed by atoms with E-state index in [0.717, 1.165) is 0 Å². The van der Waals surface area contributed by atoms with Crippen LogP contribution in [0.5, 0.6) is 0 Å². The molecule has 0 saturated carbocycles. The Balaban J connectivity index is 3.48. The highest BCUT2D eigenvalue weighted by molar-refractivity contribution is 5.94. The molecule has 0 amide bonds. The van der Waals surface area contributed by atoms with Crippen molar-refractivity contribution < 1.29 is 14.3 Å². The van der Waals surface area contributed by atoms with Crippen LogP contribution in [0.1, 0.15) is 19.8 Å². The van der Waals surface area contributed by atoms with Crippen LogP contribution in [0.2, 0.25) is 0 Å². The molecule has 4 heteroatoms. The van der Waals surface area contributed by atoms with E-state index in [1.807, 2.05) is 0 Å². The van der Waals surface area contributed by atoms with Crippen LogP contribution in [0.25, 0.3) is 0 Å². The van der Waals surface area contributed by atoms with E-state index < -0.39 is 11.8 Å². The van der Waals surface area contributed by atoms with Crippen LogP contribution in [0.3, 0.4) is 0 Å². The minimum Gasteiger partial charge on any atom is -0.466 e. The van der Waals surface area contributed by atoms with Crippen LogP contribution in [0.4, 0.5) is 0 Å². The molecule has 0 N–H and O–H groups in total. The third-order valence-electron chi connectivity index (χ3n) is 0.986. The molecule has 0 heterocycles. The summed E-state index contributed by atoms with van der Waals surface area (Å²) in [6.07, 6.45) is -0.0461. The van der Waals surface area contributed by atoms with Gasteiger partial charge in [-0.25, -0.2) is 0 Å². The zero-order valence-corrected chi connectivity index (χ0v) is 6.29. The van der Waals surface area contributed by atoms with E-state index in [0.29, 0.717) is 6.61 Å². The van der Waals surface area contributed by atoms with Gasteiger partial charge in [-0.1, -0.05) is 0 Å². The molecule has 0 aromatic carbocycles. The fourth-order valence-corrected chi connectivity index (χ4v) is 0.505. The Morgan fingerprint density at radius 1 is 1.45 bits per heavy atom. The summed E-state index contributed by atoms with van der Waals surface area (Å²) >= 11 is 0. The second kappa shape index (κ2) is 5.42. The van der Waals surface area contributed by atoms with Crippen LogP contribution in [0, 0.1) is 11.3 Å². The van der Waals surface area contributed by atoms with Crippen LogP contribution in [-0.2, 0) is 14.3 Å². The van der Waals surface area contributed by atoms with Crippen LogP contribution < -0.4 is 0 Å². The molecular weight excluding hydrogens is 146 g/mol. The van der Waals surface area contributed by atoms with Crippen LogP contribution in [0.15, 0.2) is 0 Å². The number of ketones is 1. The minimum absolute atomic E-state index is 0.000231. The van der Waals surface area contributed by atoms with E-state index >= 15 is 0 Å². The largest absolute Gasteiger partial charge is 0.466 e. The molecule has 0 bridgehead atoms. The summed E-state index contributed by atoms with van der Waals surface area (Å²) < 4.78 is 4.54. The Hall–Kier alpha value is -1.37. The Kier molecular flexibility index (Phi) is 4.74. The first-order valence-electron chi connectivity index (χ1n) is 3.29. The molecule has 0 aliphatic rings. The fourth-order valence-electron chi connectivity index (χ4n) is 0.505. The summed E-state index contributed by atoms with van der Waals surface area (Å²) in [7, 11) is 0. The molecule has 0 aromatic rings. The maximum atomic E-state index is 10.6. The number of ether oxygens (including phenoxy) is 1. The summed E-state index contributed by atoms with van der Waals surface area (Å²) in [5.41, 5.74) is 0. The lowest BCUT2D eigenvalue weighted by Crippen LogP contribution is -2.06. The molecular formula is C7H9NO3. The van der Waals surface area contributed by atoms with E-state index in [4.69, 9.17) is 5.26 Å². The van der Waals surface area contributed by atoms with E-state index in [1.54, 1.807) is 6.92 Å². The summed E-state index contributed by atoms with van der Waals surface area (Å²) in [5, 5.41) is 8.03. The van der Waals surface area contributed by atoms with Crippen molar-refractivity contribution in [3.05, 3.63) is 0 Å². The standard InChI is InChI=1S/C7H9NO3/c1-2-11-7(10)4-3-6(9)5-8/h2-4H2,1H3. The number of nitriles is 1. The zero-order valence-electron chi connectivity index (χ0n) is 6.29. The van der Waals surface area contributed by atoms with Gasteiger partial charge in [0.1, 0.15) is 6.07 Å². The fraction of sp³-hybridized carbons (Fsp3) is 0.571. The van der Waals surface area contributed by atoms with Crippen molar-refractivity contribution in [3.8, 4) is 6.07 Å². The van der Waals surface area contributed by atoms with E-state index in [2.05, 4.69) is 4.74 Å². The van der Waals surface area contributed by atoms with Crippen molar-refractivity contribution in [2.24, 2.45) is 0 Å². The number of hydrogen-bond donors (Lipinski definition) is 0. The van der Waals surface area contributed by atoms with Crippen molar-refractivity contribution in [3.63, 3.8) is 0 Å². The second-order valence-corrected chi connectivity index (χ2v) is 1.84. The van der Waals surface area contributed by atoms with Gasteiger partial charge >= 0.3 is 5.97 Å². The highest BCUT2D eigenvalue weighted by Gasteiger charge is 2.05. The predicted octanol–water partition coefficient (Wildman–Crippen LogP) is 0.422. The molecule has 0 radical (unpaired) electrons. The third-order valence-corrected chi connectivity index (χ3v) is 0.986. The highest BCUT2D eigenvalue weighted by atomic mass is 16.5. The molecule has 0 atom stereocenters. The molecule has 0 spiro atoms. The number of esters is 1. The van der Waals surface area contributed by atoms with Crippen molar-refractivity contribution in [2.45, 2.75) is 19.8 Å². The first-order chi connectivity index (χ1) is 5.20. The van der Waals surface area contributed by atoms with Crippen molar-refractivity contribution >= 4 is 11.8 Å². The Labute approximate surface area is 64.8 Å². The molecule has 0 rings (SSSR count). The molecule has 0 saturated heterocycles.